The molecule has 7 rings (SSSR count). The Bertz CT molecular complexity index is 1710. The molecule has 43 heavy (non-hydrogen) atoms. The van der Waals surface area contributed by atoms with Crippen LogP contribution in [0, 0.1) is 0 Å². The van der Waals surface area contributed by atoms with E-state index in [-0.39, 0.29) is 29.6 Å². The van der Waals surface area contributed by atoms with Gasteiger partial charge in [-0.2, -0.15) is 0 Å². The number of aromatic nitrogens is 3. The van der Waals surface area contributed by atoms with Crippen LogP contribution in [0.3, 0.4) is 0 Å². The molecule has 4 aliphatic rings. The summed E-state index contributed by atoms with van der Waals surface area (Å²) < 4.78 is 3.63. The maximum Gasteiger partial charge on any atom is 0.276 e. The van der Waals surface area contributed by atoms with Gasteiger partial charge in [-0.05, 0) is 67.9 Å². The number of amides is 1. The van der Waals surface area contributed by atoms with Crippen LogP contribution in [0.25, 0.3) is 11.1 Å². The SMILES string of the molecule is Cn1cc(-c2ccnc(N3CCn4c(cc5c4CCCC5)C3=O)c2CO)cc(N=C(N)/C=C2/CN(C3CC3)CCN2)c1=O. The molecule has 0 unspecified atom stereocenters. The van der Waals surface area contributed by atoms with E-state index >= 15 is 0 Å². The fraction of sp³-hybridized carbons (Fsp3) is 0.438. The number of fused-ring (bicyclic) bond motifs is 3. The predicted octanol–water partition coefficient (Wildman–Crippen LogP) is 2.22. The fourth-order valence-electron chi connectivity index (χ4n) is 6.81. The van der Waals surface area contributed by atoms with Gasteiger partial charge in [0.25, 0.3) is 11.5 Å². The highest BCUT2D eigenvalue weighted by atomic mass is 16.3. The van der Waals surface area contributed by atoms with Gasteiger partial charge in [-0.1, -0.05) is 0 Å². The zero-order valence-corrected chi connectivity index (χ0v) is 24.6. The van der Waals surface area contributed by atoms with E-state index in [0.29, 0.717) is 47.3 Å². The maximum absolute atomic E-state index is 13.7. The number of aliphatic imine (C=N–C) groups is 1. The second-order valence-corrected chi connectivity index (χ2v) is 12.0. The third-order valence-electron chi connectivity index (χ3n) is 9.10. The number of nitrogens with one attached hydrogen (secondary N) is 1. The van der Waals surface area contributed by atoms with E-state index < -0.39 is 0 Å². The van der Waals surface area contributed by atoms with Gasteiger partial charge in [0.15, 0.2) is 0 Å². The molecule has 0 aromatic carbocycles. The Labute approximate surface area is 250 Å². The molecule has 1 saturated heterocycles. The van der Waals surface area contributed by atoms with Crippen LogP contribution in [-0.4, -0.2) is 68.1 Å². The summed E-state index contributed by atoms with van der Waals surface area (Å²) in [5, 5.41) is 14.0. The summed E-state index contributed by atoms with van der Waals surface area (Å²) in [4.78, 5) is 40.0. The summed E-state index contributed by atoms with van der Waals surface area (Å²) in [6, 6.07) is 6.18. The quantitative estimate of drug-likeness (QED) is 0.300. The van der Waals surface area contributed by atoms with Crippen molar-refractivity contribution in [1.82, 2.24) is 24.3 Å². The van der Waals surface area contributed by atoms with Gasteiger partial charge in [0, 0.05) is 86.8 Å². The molecule has 1 amide bonds. The predicted molar refractivity (Wildman–Crippen MR) is 166 cm³/mol. The van der Waals surface area contributed by atoms with Crippen molar-refractivity contribution in [2.75, 3.05) is 31.1 Å². The molecule has 2 aliphatic heterocycles. The molecular formula is C32H38N8O3. The van der Waals surface area contributed by atoms with Gasteiger partial charge in [0.2, 0.25) is 0 Å². The number of aliphatic hydroxyl groups is 1. The van der Waals surface area contributed by atoms with Crippen LogP contribution >= 0.6 is 0 Å². The number of piperazine rings is 1. The van der Waals surface area contributed by atoms with Gasteiger partial charge < -0.3 is 25.3 Å². The van der Waals surface area contributed by atoms with Crippen molar-refractivity contribution in [1.29, 1.82) is 0 Å². The first kappa shape index (κ1) is 27.6. The number of nitrogens with zero attached hydrogens (tertiary/aromatic N) is 6. The highest BCUT2D eigenvalue weighted by Gasteiger charge is 2.33. The van der Waals surface area contributed by atoms with Crippen LogP contribution in [0.5, 0.6) is 0 Å². The number of aliphatic hydroxyl groups excluding tert-OH is 1. The topological polar surface area (TPSA) is 134 Å². The van der Waals surface area contributed by atoms with Crippen LogP contribution in [0.2, 0.25) is 0 Å². The number of carbonyl (C=O) groups is 1. The highest BCUT2D eigenvalue weighted by molar-refractivity contribution is 6.06. The lowest BCUT2D eigenvalue weighted by atomic mass is 9.98. The van der Waals surface area contributed by atoms with Gasteiger partial charge in [-0.3, -0.25) is 19.4 Å². The number of hydrogen-bond acceptors (Lipinski definition) is 7. The molecule has 4 N–H and O–H groups in total. The lowest BCUT2D eigenvalue weighted by molar-refractivity contribution is 0.0963. The van der Waals surface area contributed by atoms with E-state index in [1.165, 1.54) is 28.7 Å². The van der Waals surface area contributed by atoms with Gasteiger partial charge in [0.05, 0.1) is 6.61 Å². The van der Waals surface area contributed by atoms with Crippen molar-refractivity contribution < 1.29 is 9.90 Å². The van der Waals surface area contributed by atoms with Crippen molar-refractivity contribution in [3.8, 4) is 11.1 Å². The normalized spacial score (nSPS) is 20.2. The third kappa shape index (κ3) is 5.16. The molecule has 2 fully saturated rings. The van der Waals surface area contributed by atoms with Crippen molar-refractivity contribution in [3.63, 3.8) is 0 Å². The number of aryl methyl sites for hydroxylation is 2. The average molecular weight is 583 g/mol. The molecular weight excluding hydrogens is 544 g/mol. The molecule has 11 nitrogen and oxygen atoms in total. The molecule has 5 heterocycles. The number of amidine groups is 1. The Hall–Kier alpha value is -4.22. The largest absolute Gasteiger partial charge is 0.392 e. The first-order chi connectivity index (χ1) is 20.9. The monoisotopic (exact) mass is 582 g/mol. The van der Waals surface area contributed by atoms with E-state index in [1.807, 2.05) is 6.07 Å². The molecule has 2 aliphatic carbocycles. The fourth-order valence-corrected chi connectivity index (χ4v) is 6.81. The minimum Gasteiger partial charge on any atom is -0.392 e. The minimum absolute atomic E-state index is 0.108. The summed E-state index contributed by atoms with van der Waals surface area (Å²) in [7, 11) is 1.67. The minimum atomic E-state index is -0.321. The van der Waals surface area contributed by atoms with Crippen LogP contribution in [0.4, 0.5) is 11.5 Å². The van der Waals surface area contributed by atoms with E-state index in [4.69, 9.17) is 5.73 Å². The van der Waals surface area contributed by atoms with Crippen LogP contribution in [0.15, 0.2) is 52.2 Å². The molecule has 3 aromatic rings. The number of rotatable bonds is 6. The average Bonchev–Trinajstić information content (AvgIpc) is 3.80. The number of carbonyl (C=O) groups excluding carboxylic acids is 1. The molecule has 0 radical (unpaired) electrons. The zero-order chi connectivity index (χ0) is 29.7. The first-order valence-electron chi connectivity index (χ1n) is 15.3. The molecule has 1 saturated carbocycles. The second-order valence-electron chi connectivity index (χ2n) is 12.0. The molecule has 224 valence electrons. The second kappa shape index (κ2) is 11.1. The summed E-state index contributed by atoms with van der Waals surface area (Å²) in [5.41, 5.74) is 12.3. The first-order valence-corrected chi connectivity index (χ1v) is 15.3. The maximum atomic E-state index is 13.7. The molecule has 0 bridgehead atoms. The van der Waals surface area contributed by atoms with E-state index in [2.05, 4.69) is 24.8 Å². The Morgan fingerprint density at radius 1 is 1.19 bits per heavy atom. The van der Waals surface area contributed by atoms with Gasteiger partial charge in [-0.25, -0.2) is 9.98 Å². The van der Waals surface area contributed by atoms with Crippen molar-refractivity contribution in [3.05, 3.63) is 75.2 Å². The summed E-state index contributed by atoms with van der Waals surface area (Å²) in [6.07, 6.45) is 12.0. The molecule has 0 spiro atoms. The standard InChI is InChI=1S/C32H38N8O3/c1-37-17-21(14-26(31(37)42)36-29(33)16-22-18-38(11-10-34-22)23-6-7-23)24-8-9-35-30(25(24)19-41)40-13-12-39-27-5-3-2-4-20(27)15-28(39)32(40)43/h8-9,14-17,23,34,41H,2-7,10-13,18-19H2,1H3,(H2,33,36)/b22-16-. The zero-order valence-electron chi connectivity index (χ0n) is 24.6. The number of nitrogens with two attached hydrogens (primary N) is 1. The van der Waals surface area contributed by atoms with Gasteiger partial charge in [0.1, 0.15) is 23.0 Å². The molecule has 11 heteroatoms. The van der Waals surface area contributed by atoms with Crippen molar-refractivity contribution in [2.45, 2.75) is 57.7 Å². The molecule has 3 aromatic heterocycles. The van der Waals surface area contributed by atoms with E-state index in [1.54, 1.807) is 42.6 Å². The Kier molecular flexibility index (Phi) is 7.14. The van der Waals surface area contributed by atoms with E-state index in [9.17, 15) is 14.7 Å². The Balaban J connectivity index is 1.21. The van der Waals surface area contributed by atoms with E-state index in [0.717, 1.165) is 51.0 Å². The van der Waals surface area contributed by atoms with Gasteiger partial charge in [-0.15, -0.1) is 0 Å². The lowest BCUT2D eigenvalue weighted by Crippen LogP contribution is -2.43. The smallest absolute Gasteiger partial charge is 0.276 e. The van der Waals surface area contributed by atoms with Crippen LogP contribution < -0.4 is 21.5 Å². The van der Waals surface area contributed by atoms with Crippen LogP contribution in [-0.2, 0) is 33.0 Å². The van der Waals surface area contributed by atoms with Crippen LogP contribution in [0.1, 0.15) is 53.0 Å². The molecule has 0 atom stereocenters. The van der Waals surface area contributed by atoms with Crippen molar-refractivity contribution in [2.24, 2.45) is 17.8 Å². The van der Waals surface area contributed by atoms with Crippen molar-refractivity contribution >= 4 is 23.2 Å². The number of anilines is 1. The number of hydrogen-bond donors (Lipinski definition) is 3. The lowest BCUT2D eigenvalue weighted by Gasteiger charge is -2.30. The number of pyridine rings is 2. The summed E-state index contributed by atoms with van der Waals surface area (Å²) in [6.45, 7) is 3.50. The third-order valence-corrected chi connectivity index (χ3v) is 9.10. The summed E-state index contributed by atoms with van der Waals surface area (Å²) in [5.74, 6) is 0.571. The Morgan fingerprint density at radius 2 is 2.02 bits per heavy atom. The Morgan fingerprint density at radius 3 is 2.84 bits per heavy atom. The summed E-state index contributed by atoms with van der Waals surface area (Å²) >= 11 is 0. The highest BCUT2D eigenvalue weighted by Crippen LogP contribution is 2.34. The van der Waals surface area contributed by atoms with Gasteiger partial charge >= 0.3 is 0 Å².